The van der Waals surface area contributed by atoms with E-state index in [2.05, 4.69) is 10.5 Å². The summed E-state index contributed by atoms with van der Waals surface area (Å²) < 4.78 is 31.8. The molecule has 0 aliphatic carbocycles. The lowest BCUT2D eigenvalue weighted by atomic mass is 9.87. The molecule has 0 amide bonds. The molecule has 3 rings (SSSR count). The molecule has 1 fully saturated rings. The molecule has 4 nitrogen and oxygen atoms in total. The van der Waals surface area contributed by atoms with Gasteiger partial charge in [0.15, 0.2) is 0 Å². The fraction of sp³-hybridized carbons (Fsp3) is 0.400. The lowest BCUT2D eigenvalue weighted by molar-refractivity contribution is 0.291. The van der Waals surface area contributed by atoms with Crippen LogP contribution >= 0.6 is 0 Å². The third-order valence-electron chi connectivity index (χ3n) is 3.92. The molecule has 0 spiro atoms. The Morgan fingerprint density at radius 3 is 2.86 bits per heavy atom. The summed E-state index contributed by atoms with van der Waals surface area (Å²) in [6, 6.07) is 5.19. The Kier molecular flexibility index (Phi) is 3.88. The maximum absolute atomic E-state index is 13.7. The highest BCUT2D eigenvalue weighted by molar-refractivity contribution is 5.20. The zero-order chi connectivity index (χ0) is 14.8. The standard InChI is InChI=1S/C15H16F2N2O2/c16-11-2-1-9(13(17)7-11)5-12-6-10(3-4-18-12)14-8-15(20)19-21-14/h1-2,7-8,10,12,18H,3-6H2,(H,19,20)/t10-,12+/m1/s1. The average molecular weight is 294 g/mol. The number of piperidine rings is 1. The molecular weight excluding hydrogens is 278 g/mol. The van der Waals surface area contributed by atoms with Crippen LogP contribution in [0.5, 0.6) is 0 Å². The van der Waals surface area contributed by atoms with Crippen molar-refractivity contribution in [2.45, 2.75) is 31.2 Å². The first-order valence-corrected chi connectivity index (χ1v) is 6.97. The summed E-state index contributed by atoms with van der Waals surface area (Å²) in [5.41, 5.74) is 0.245. The van der Waals surface area contributed by atoms with E-state index in [4.69, 9.17) is 4.52 Å². The van der Waals surface area contributed by atoms with E-state index in [0.717, 1.165) is 25.5 Å². The van der Waals surface area contributed by atoms with E-state index in [1.54, 1.807) is 0 Å². The summed E-state index contributed by atoms with van der Waals surface area (Å²) in [5.74, 6) is -0.309. The quantitative estimate of drug-likeness (QED) is 0.913. The van der Waals surface area contributed by atoms with Gasteiger partial charge < -0.3 is 9.84 Å². The Hall–Kier alpha value is -1.95. The van der Waals surface area contributed by atoms with Crippen molar-refractivity contribution >= 4 is 0 Å². The largest absolute Gasteiger partial charge is 0.383 e. The molecule has 2 N–H and O–H groups in total. The minimum Gasteiger partial charge on any atom is -0.383 e. The van der Waals surface area contributed by atoms with Crippen LogP contribution in [0.2, 0.25) is 0 Å². The van der Waals surface area contributed by atoms with Crippen LogP contribution < -0.4 is 10.9 Å². The van der Waals surface area contributed by atoms with Gasteiger partial charge in [-0.25, -0.2) is 8.78 Å². The second kappa shape index (κ2) is 5.81. The predicted molar refractivity (Wildman–Crippen MR) is 73.2 cm³/mol. The van der Waals surface area contributed by atoms with Crippen molar-refractivity contribution in [3.63, 3.8) is 0 Å². The zero-order valence-electron chi connectivity index (χ0n) is 11.4. The minimum atomic E-state index is -0.570. The fourth-order valence-corrected chi connectivity index (χ4v) is 2.87. The van der Waals surface area contributed by atoms with Gasteiger partial charge in [-0.05, 0) is 37.4 Å². The predicted octanol–water partition coefficient (Wildman–Crippen LogP) is 2.32. The first-order valence-electron chi connectivity index (χ1n) is 6.97. The number of benzene rings is 1. The van der Waals surface area contributed by atoms with Crippen molar-refractivity contribution < 1.29 is 13.3 Å². The smallest absolute Gasteiger partial charge is 0.280 e. The lowest BCUT2D eigenvalue weighted by Gasteiger charge is -2.29. The van der Waals surface area contributed by atoms with Crippen LogP contribution in [0.15, 0.2) is 33.6 Å². The van der Waals surface area contributed by atoms with Crippen molar-refractivity contribution in [2.24, 2.45) is 0 Å². The Bertz CT molecular complexity index is 680. The fourth-order valence-electron chi connectivity index (χ4n) is 2.87. The molecule has 0 unspecified atom stereocenters. The van der Waals surface area contributed by atoms with Crippen LogP contribution in [-0.4, -0.2) is 17.7 Å². The number of nitrogens with one attached hydrogen (secondary N) is 2. The second-order valence-corrected chi connectivity index (χ2v) is 5.43. The minimum absolute atomic E-state index is 0.0731. The summed E-state index contributed by atoms with van der Waals surface area (Å²) in [6.07, 6.45) is 2.10. The Morgan fingerprint density at radius 2 is 2.14 bits per heavy atom. The molecular formula is C15H16F2N2O2. The maximum atomic E-state index is 13.7. The molecule has 1 aromatic heterocycles. The van der Waals surface area contributed by atoms with Crippen LogP contribution in [0.25, 0.3) is 0 Å². The first-order chi connectivity index (χ1) is 10.1. The van der Waals surface area contributed by atoms with E-state index in [1.165, 1.54) is 18.2 Å². The Morgan fingerprint density at radius 1 is 1.29 bits per heavy atom. The van der Waals surface area contributed by atoms with Crippen molar-refractivity contribution in [3.05, 3.63) is 57.6 Å². The van der Waals surface area contributed by atoms with Gasteiger partial charge >= 0.3 is 0 Å². The summed E-state index contributed by atoms with van der Waals surface area (Å²) in [4.78, 5) is 11.1. The van der Waals surface area contributed by atoms with Gasteiger partial charge in [0.1, 0.15) is 17.4 Å². The molecule has 6 heteroatoms. The molecule has 0 bridgehead atoms. The Balaban J connectivity index is 1.70. The SMILES string of the molecule is O=c1cc([C@@H]2CCN[C@@H](Cc3ccc(F)cc3F)C2)o[nH]1. The number of hydrogen-bond donors (Lipinski definition) is 2. The van der Waals surface area contributed by atoms with E-state index < -0.39 is 11.6 Å². The van der Waals surface area contributed by atoms with Gasteiger partial charge in [-0.2, -0.15) is 5.16 Å². The van der Waals surface area contributed by atoms with Gasteiger partial charge in [0.2, 0.25) is 0 Å². The van der Waals surface area contributed by atoms with Crippen molar-refractivity contribution in [3.8, 4) is 0 Å². The van der Waals surface area contributed by atoms with Gasteiger partial charge in [-0.3, -0.25) is 4.79 Å². The van der Waals surface area contributed by atoms with Gasteiger partial charge in [-0.15, -0.1) is 0 Å². The molecule has 2 atom stereocenters. The topological polar surface area (TPSA) is 58.0 Å². The molecule has 1 saturated heterocycles. The summed E-state index contributed by atoms with van der Waals surface area (Å²) >= 11 is 0. The van der Waals surface area contributed by atoms with Gasteiger partial charge in [0.05, 0.1) is 0 Å². The number of rotatable bonds is 3. The Labute approximate surface area is 120 Å². The summed E-state index contributed by atoms with van der Waals surface area (Å²) in [7, 11) is 0. The molecule has 1 aliphatic heterocycles. The molecule has 112 valence electrons. The summed E-state index contributed by atoms with van der Waals surface area (Å²) in [6.45, 7) is 0.771. The van der Waals surface area contributed by atoms with Crippen LogP contribution in [-0.2, 0) is 6.42 Å². The van der Waals surface area contributed by atoms with E-state index >= 15 is 0 Å². The van der Waals surface area contributed by atoms with E-state index in [0.29, 0.717) is 17.7 Å². The first kappa shape index (κ1) is 14.0. The molecule has 1 aliphatic rings. The van der Waals surface area contributed by atoms with Gasteiger partial charge in [-0.1, -0.05) is 6.07 Å². The highest BCUT2D eigenvalue weighted by atomic mass is 19.1. The van der Waals surface area contributed by atoms with Crippen LogP contribution in [0, 0.1) is 11.6 Å². The third-order valence-corrected chi connectivity index (χ3v) is 3.92. The number of halogens is 2. The van der Waals surface area contributed by atoms with E-state index in [1.807, 2.05) is 0 Å². The number of aromatic amines is 1. The maximum Gasteiger partial charge on any atom is 0.280 e. The lowest BCUT2D eigenvalue weighted by Crippen LogP contribution is -2.38. The third kappa shape index (κ3) is 3.21. The number of aromatic nitrogens is 1. The van der Waals surface area contributed by atoms with Crippen LogP contribution in [0.1, 0.15) is 30.1 Å². The normalized spacial score (nSPS) is 22.4. The molecule has 0 saturated carbocycles. The van der Waals surface area contributed by atoms with Crippen LogP contribution in [0.4, 0.5) is 8.78 Å². The van der Waals surface area contributed by atoms with Gasteiger partial charge in [0.25, 0.3) is 5.56 Å². The van der Waals surface area contributed by atoms with Crippen molar-refractivity contribution in [2.75, 3.05) is 6.54 Å². The average Bonchev–Trinajstić information content (AvgIpc) is 2.89. The molecule has 0 radical (unpaired) electrons. The van der Waals surface area contributed by atoms with Crippen LogP contribution in [0.3, 0.4) is 0 Å². The highest BCUT2D eigenvalue weighted by Crippen LogP contribution is 2.28. The van der Waals surface area contributed by atoms with E-state index in [9.17, 15) is 13.6 Å². The highest BCUT2D eigenvalue weighted by Gasteiger charge is 2.26. The number of H-pyrrole nitrogens is 1. The molecule has 2 heterocycles. The van der Waals surface area contributed by atoms with Gasteiger partial charge in [0, 0.05) is 24.1 Å². The molecule has 1 aromatic carbocycles. The second-order valence-electron chi connectivity index (χ2n) is 5.43. The van der Waals surface area contributed by atoms with Crippen molar-refractivity contribution in [1.29, 1.82) is 0 Å². The van der Waals surface area contributed by atoms with E-state index in [-0.39, 0.29) is 17.5 Å². The molecule has 21 heavy (non-hydrogen) atoms. The zero-order valence-corrected chi connectivity index (χ0v) is 11.4. The monoisotopic (exact) mass is 294 g/mol. The number of hydrogen-bond acceptors (Lipinski definition) is 3. The van der Waals surface area contributed by atoms with Crippen molar-refractivity contribution in [1.82, 2.24) is 10.5 Å². The summed E-state index contributed by atoms with van der Waals surface area (Å²) in [5, 5.41) is 5.62. The molecule has 2 aromatic rings.